The number of rotatable bonds is 5. The Morgan fingerprint density at radius 1 is 1.56 bits per heavy atom. The van der Waals surface area contributed by atoms with Gasteiger partial charge in [-0.2, -0.15) is 0 Å². The minimum atomic E-state index is 0.164. The summed E-state index contributed by atoms with van der Waals surface area (Å²) in [6.45, 7) is 0.849. The number of nitrogens with zero attached hydrogens (tertiary/aromatic N) is 1. The predicted octanol–water partition coefficient (Wildman–Crippen LogP) is 3.38. The number of benzene rings is 1. The van der Waals surface area contributed by atoms with Gasteiger partial charge >= 0.3 is 0 Å². The summed E-state index contributed by atoms with van der Waals surface area (Å²) in [5.74, 6) is 0.316. The van der Waals surface area contributed by atoms with Crippen LogP contribution in [0.15, 0.2) is 27.8 Å². The number of amidine groups is 1. The second kappa shape index (κ2) is 5.64. The van der Waals surface area contributed by atoms with Crippen LogP contribution in [0.2, 0.25) is 0 Å². The highest BCUT2D eigenvalue weighted by molar-refractivity contribution is 14.1. The largest absolute Gasteiger partial charge is 0.409 e. The standard InChI is InChI=1S/C12H15BrIN3O/c13-9-2-1-8(14)5-10(9)16-7-12(3-4-12)6-11(15)17-18/h1-2,5,16,18H,3-4,6-7H2,(H2,15,17). The fraction of sp³-hybridized carbons (Fsp3) is 0.417. The van der Waals surface area contributed by atoms with Gasteiger partial charge in [-0.15, -0.1) is 0 Å². The van der Waals surface area contributed by atoms with E-state index in [0.29, 0.717) is 12.3 Å². The van der Waals surface area contributed by atoms with Crippen LogP contribution in [0.5, 0.6) is 0 Å². The number of halogens is 2. The summed E-state index contributed by atoms with van der Waals surface area (Å²) in [6, 6.07) is 6.19. The van der Waals surface area contributed by atoms with Crippen LogP contribution in [0.4, 0.5) is 5.69 Å². The van der Waals surface area contributed by atoms with E-state index in [4.69, 9.17) is 10.9 Å². The van der Waals surface area contributed by atoms with Crippen LogP contribution in [0.25, 0.3) is 0 Å². The fourth-order valence-electron chi connectivity index (χ4n) is 1.93. The van der Waals surface area contributed by atoms with Gasteiger partial charge < -0.3 is 16.3 Å². The van der Waals surface area contributed by atoms with E-state index in [9.17, 15) is 0 Å². The van der Waals surface area contributed by atoms with Crippen molar-refractivity contribution in [3.05, 3.63) is 26.2 Å². The summed E-state index contributed by atoms with van der Waals surface area (Å²) in [5.41, 5.74) is 6.84. The maximum atomic E-state index is 8.63. The molecule has 1 aliphatic rings. The summed E-state index contributed by atoms with van der Waals surface area (Å²) >= 11 is 5.82. The zero-order chi connectivity index (χ0) is 13.2. The molecule has 0 atom stereocenters. The lowest BCUT2D eigenvalue weighted by molar-refractivity contribution is 0.315. The number of nitrogens with two attached hydrogens (primary N) is 1. The van der Waals surface area contributed by atoms with Crippen LogP contribution in [-0.2, 0) is 0 Å². The molecule has 1 aromatic carbocycles. The molecule has 0 aliphatic heterocycles. The molecule has 0 aromatic heterocycles. The third kappa shape index (κ3) is 3.50. The normalized spacial score (nSPS) is 17.6. The number of nitrogens with one attached hydrogen (secondary N) is 1. The van der Waals surface area contributed by atoms with E-state index in [0.717, 1.165) is 29.5 Å². The average Bonchev–Trinajstić information content (AvgIpc) is 3.10. The molecule has 0 radical (unpaired) electrons. The van der Waals surface area contributed by atoms with Gasteiger partial charge in [0.1, 0.15) is 5.84 Å². The Bertz CT molecular complexity index is 474. The van der Waals surface area contributed by atoms with Crippen molar-refractivity contribution in [3.8, 4) is 0 Å². The Hall–Kier alpha value is -0.500. The molecular formula is C12H15BrIN3O. The predicted molar refractivity (Wildman–Crippen MR) is 85.0 cm³/mol. The van der Waals surface area contributed by atoms with Crippen LogP contribution >= 0.6 is 38.5 Å². The third-order valence-corrected chi connectivity index (χ3v) is 4.59. The third-order valence-electron chi connectivity index (χ3n) is 3.22. The van der Waals surface area contributed by atoms with Crippen molar-refractivity contribution >= 4 is 50.0 Å². The van der Waals surface area contributed by atoms with E-state index in [-0.39, 0.29) is 5.41 Å². The second-order valence-electron chi connectivity index (χ2n) is 4.75. The SMILES string of the molecule is N/C(CC1(CNc2cc(I)ccc2Br)CC1)=N/O. The molecule has 1 fully saturated rings. The zero-order valence-electron chi connectivity index (χ0n) is 9.79. The van der Waals surface area contributed by atoms with Crippen molar-refractivity contribution < 1.29 is 5.21 Å². The number of hydrogen-bond donors (Lipinski definition) is 3. The molecule has 1 aromatic rings. The highest BCUT2D eigenvalue weighted by Gasteiger charge is 2.43. The van der Waals surface area contributed by atoms with E-state index in [2.05, 4.69) is 61.1 Å². The fourth-order valence-corrected chi connectivity index (χ4v) is 2.81. The first-order valence-corrected chi connectivity index (χ1v) is 7.57. The van der Waals surface area contributed by atoms with Crippen LogP contribution in [0.1, 0.15) is 19.3 Å². The zero-order valence-corrected chi connectivity index (χ0v) is 13.5. The van der Waals surface area contributed by atoms with Gasteiger partial charge in [-0.3, -0.25) is 0 Å². The molecular weight excluding hydrogens is 409 g/mol. The summed E-state index contributed by atoms with van der Waals surface area (Å²) in [7, 11) is 0. The number of oxime groups is 1. The second-order valence-corrected chi connectivity index (χ2v) is 6.85. The van der Waals surface area contributed by atoms with Crippen molar-refractivity contribution in [1.82, 2.24) is 0 Å². The van der Waals surface area contributed by atoms with Crippen molar-refractivity contribution in [3.63, 3.8) is 0 Å². The molecule has 0 amide bonds. The van der Waals surface area contributed by atoms with Gasteiger partial charge in [0.05, 0.1) is 0 Å². The van der Waals surface area contributed by atoms with E-state index >= 15 is 0 Å². The van der Waals surface area contributed by atoms with E-state index in [1.165, 1.54) is 3.57 Å². The molecule has 0 unspecified atom stereocenters. The molecule has 98 valence electrons. The maximum absolute atomic E-state index is 8.63. The Balaban J connectivity index is 1.97. The van der Waals surface area contributed by atoms with Crippen LogP contribution in [0, 0.1) is 8.99 Å². The maximum Gasteiger partial charge on any atom is 0.139 e. The average molecular weight is 424 g/mol. The van der Waals surface area contributed by atoms with E-state index in [1.807, 2.05) is 6.07 Å². The molecule has 0 spiro atoms. The molecule has 4 nitrogen and oxygen atoms in total. The molecule has 1 saturated carbocycles. The molecule has 0 bridgehead atoms. The molecule has 4 N–H and O–H groups in total. The van der Waals surface area contributed by atoms with Gasteiger partial charge in [-0.1, -0.05) is 5.16 Å². The van der Waals surface area contributed by atoms with Crippen molar-refractivity contribution in [2.24, 2.45) is 16.3 Å². The Kier molecular flexibility index (Phi) is 4.37. The quantitative estimate of drug-likeness (QED) is 0.223. The smallest absolute Gasteiger partial charge is 0.139 e. The highest BCUT2D eigenvalue weighted by atomic mass is 127. The van der Waals surface area contributed by atoms with Crippen molar-refractivity contribution in [2.45, 2.75) is 19.3 Å². The summed E-state index contributed by atoms with van der Waals surface area (Å²) in [6.07, 6.45) is 2.90. The van der Waals surface area contributed by atoms with Gasteiger partial charge in [-0.05, 0) is 75.0 Å². The topological polar surface area (TPSA) is 70.6 Å². The first kappa shape index (κ1) is 13.9. The lowest BCUT2D eigenvalue weighted by atomic mass is 10.0. The van der Waals surface area contributed by atoms with Gasteiger partial charge in [0.2, 0.25) is 0 Å². The minimum absolute atomic E-state index is 0.164. The molecule has 6 heteroatoms. The van der Waals surface area contributed by atoms with Gasteiger partial charge in [-0.25, -0.2) is 0 Å². The molecule has 0 heterocycles. The minimum Gasteiger partial charge on any atom is -0.409 e. The lowest BCUT2D eigenvalue weighted by Crippen LogP contribution is -2.23. The molecule has 2 rings (SSSR count). The monoisotopic (exact) mass is 423 g/mol. The van der Waals surface area contributed by atoms with Crippen LogP contribution in [0.3, 0.4) is 0 Å². The van der Waals surface area contributed by atoms with E-state index in [1.54, 1.807) is 0 Å². The first-order valence-electron chi connectivity index (χ1n) is 5.70. The van der Waals surface area contributed by atoms with Gasteiger partial charge in [0.15, 0.2) is 0 Å². The summed E-state index contributed by atoms with van der Waals surface area (Å²) in [5, 5.41) is 15.1. The first-order chi connectivity index (χ1) is 8.54. The summed E-state index contributed by atoms with van der Waals surface area (Å²) < 4.78 is 2.25. The van der Waals surface area contributed by atoms with Crippen LogP contribution < -0.4 is 11.1 Å². The molecule has 1 aliphatic carbocycles. The van der Waals surface area contributed by atoms with Crippen molar-refractivity contribution in [2.75, 3.05) is 11.9 Å². The molecule has 0 saturated heterocycles. The Morgan fingerprint density at radius 2 is 2.28 bits per heavy atom. The highest BCUT2D eigenvalue weighted by Crippen LogP contribution is 2.48. The van der Waals surface area contributed by atoms with Gasteiger partial charge in [0.25, 0.3) is 0 Å². The lowest BCUT2D eigenvalue weighted by Gasteiger charge is -2.17. The Labute approximate surface area is 128 Å². The van der Waals surface area contributed by atoms with E-state index < -0.39 is 0 Å². The summed E-state index contributed by atoms with van der Waals surface area (Å²) in [4.78, 5) is 0. The number of hydrogen-bond acceptors (Lipinski definition) is 3. The van der Waals surface area contributed by atoms with Crippen LogP contribution in [-0.4, -0.2) is 17.6 Å². The van der Waals surface area contributed by atoms with Crippen molar-refractivity contribution in [1.29, 1.82) is 0 Å². The Morgan fingerprint density at radius 3 is 2.89 bits per heavy atom. The molecule has 18 heavy (non-hydrogen) atoms. The number of anilines is 1. The van der Waals surface area contributed by atoms with Gasteiger partial charge in [0, 0.05) is 26.7 Å².